The van der Waals surface area contributed by atoms with Crippen LogP contribution in [0.2, 0.25) is 0 Å². The van der Waals surface area contributed by atoms with Gasteiger partial charge in [-0.15, -0.1) is 0 Å². The van der Waals surface area contributed by atoms with Gasteiger partial charge in [-0.2, -0.15) is 0 Å². The number of fused-ring (bicyclic) bond motifs is 7. The summed E-state index contributed by atoms with van der Waals surface area (Å²) < 4.78 is 2.47. The van der Waals surface area contributed by atoms with Crippen molar-refractivity contribution < 1.29 is 0 Å². The molecule has 46 heavy (non-hydrogen) atoms. The summed E-state index contributed by atoms with van der Waals surface area (Å²) in [5, 5.41) is 9.95. The zero-order valence-corrected chi connectivity index (χ0v) is 25.9. The zero-order chi connectivity index (χ0) is 30.8. The van der Waals surface area contributed by atoms with Gasteiger partial charge in [-0.3, -0.25) is 5.32 Å². The van der Waals surface area contributed by atoms with Gasteiger partial charge in [0.05, 0.1) is 11.0 Å². The molecule has 0 amide bonds. The molecule has 1 aromatic heterocycles. The average Bonchev–Trinajstić information content (AvgIpc) is 3.57. The van der Waals surface area contributed by atoms with Crippen LogP contribution in [0.25, 0.3) is 38.6 Å². The van der Waals surface area contributed by atoms with Gasteiger partial charge in [-0.05, 0) is 63.7 Å². The molecule has 9 rings (SSSR count). The topological polar surface area (TPSA) is 41.4 Å². The third-order valence-corrected chi connectivity index (χ3v) is 9.86. The molecule has 1 aliphatic heterocycles. The molecule has 2 atom stereocenters. The van der Waals surface area contributed by atoms with Gasteiger partial charge in [0.25, 0.3) is 0 Å². The van der Waals surface area contributed by atoms with Crippen molar-refractivity contribution in [2.45, 2.75) is 31.6 Å². The number of hydrogen-bond donors (Lipinski definition) is 2. The average molecular weight is 595 g/mol. The van der Waals surface area contributed by atoms with Crippen molar-refractivity contribution >= 4 is 27.6 Å². The molecule has 222 valence electrons. The zero-order valence-electron chi connectivity index (χ0n) is 25.9. The lowest BCUT2D eigenvalue weighted by molar-refractivity contribution is 0.409. The van der Waals surface area contributed by atoms with E-state index in [1.54, 1.807) is 0 Å². The summed E-state index contributed by atoms with van der Waals surface area (Å²) in [4.78, 5) is 5.17. The van der Waals surface area contributed by atoms with Crippen LogP contribution < -0.4 is 10.6 Å². The lowest BCUT2D eigenvalue weighted by Gasteiger charge is -2.32. The van der Waals surface area contributed by atoms with Crippen LogP contribution in [0.3, 0.4) is 0 Å². The summed E-state index contributed by atoms with van der Waals surface area (Å²) in [5.41, 5.74) is 12.4. The van der Waals surface area contributed by atoms with Crippen LogP contribution in [0.5, 0.6) is 0 Å². The summed E-state index contributed by atoms with van der Waals surface area (Å²) in [6.07, 6.45) is -0.228. The van der Waals surface area contributed by atoms with Gasteiger partial charge in [0, 0.05) is 27.4 Å². The molecule has 0 saturated heterocycles. The van der Waals surface area contributed by atoms with E-state index in [1.165, 1.54) is 49.6 Å². The maximum absolute atomic E-state index is 5.17. The fraction of sp³-hybridized carbons (Fsp3) is 0.119. The summed E-state index contributed by atoms with van der Waals surface area (Å²) in [6.45, 7) is 4.74. The number of nitrogens with one attached hydrogen (secondary N) is 2. The van der Waals surface area contributed by atoms with E-state index in [-0.39, 0.29) is 17.7 Å². The Balaban J connectivity index is 1.19. The molecule has 0 fully saturated rings. The summed E-state index contributed by atoms with van der Waals surface area (Å²) in [5.74, 6) is 0.882. The Bertz CT molecular complexity index is 2280. The van der Waals surface area contributed by atoms with E-state index in [0.29, 0.717) is 0 Å². The largest absolute Gasteiger partial charge is 0.350 e. The third kappa shape index (κ3) is 4.07. The van der Waals surface area contributed by atoms with Crippen LogP contribution in [-0.4, -0.2) is 10.4 Å². The van der Waals surface area contributed by atoms with Crippen molar-refractivity contribution in [1.82, 2.24) is 15.2 Å². The van der Waals surface area contributed by atoms with E-state index in [9.17, 15) is 0 Å². The first kappa shape index (κ1) is 26.9. The second-order valence-electron chi connectivity index (χ2n) is 12.9. The molecule has 2 unspecified atom stereocenters. The maximum Gasteiger partial charge on any atom is 0.131 e. The molecule has 2 N–H and O–H groups in total. The van der Waals surface area contributed by atoms with Crippen LogP contribution in [-0.2, 0) is 5.41 Å². The number of aromatic nitrogens is 1. The van der Waals surface area contributed by atoms with E-state index < -0.39 is 0 Å². The number of benzene rings is 6. The monoisotopic (exact) mass is 594 g/mol. The van der Waals surface area contributed by atoms with Crippen LogP contribution >= 0.6 is 0 Å². The van der Waals surface area contributed by atoms with Crippen molar-refractivity contribution in [3.63, 3.8) is 0 Å². The van der Waals surface area contributed by atoms with E-state index >= 15 is 0 Å². The number of rotatable bonds is 4. The Hall–Kier alpha value is -5.45. The lowest BCUT2D eigenvalue weighted by atomic mass is 9.81. The lowest BCUT2D eigenvalue weighted by Crippen LogP contribution is -2.44. The first-order valence-corrected chi connectivity index (χ1v) is 16.1. The van der Waals surface area contributed by atoms with Crippen LogP contribution in [0.1, 0.15) is 54.0 Å². The highest BCUT2D eigenvalue weighted by atomic mass is 15.3. The highest BCUT2D eigenvalue weighted by molar-refractivity contribution is 6.13. The Kier molecular flexibility index (Phi) is 6.02. The van der Waals surface area contributed by atoms with Gasteiger partial charge in [-0.1, -0.05) is 129 Å². The number of hydrogen-bond acceptors (Lipinski definition) is 3. The third-order valence-electron chi connectivity index (χ3n) is 9.86. The van der Waals surface area contributed by atoms with Gasteiger partial charge >= 0.3 is 0 Å². The highest BCUT2D eigenvalue weighted by Gasteiger charge is 2.38. The van der Waals surface area contributed by atoms with Crippen LogP contribution in [0.15, 0.2) is 151 Å². The molecule has 2 heterocycles. The van der Waals surface area contributed by atoms with E-state index in [1.807, 2.05) is 6.07 Å². The van der Waals surface area contributed by atoms with E-state index in [4.69, 9.17) is 4.99 Å². The van der Waals surface area contributed by atoms with Crippen molar-refractivity contribution in [3.8, 4) is 16.8 Å². The molecule has 0 bridgehead atoms. The standard InChI is InChI=1S/C42H34N4/c1-42(2)35-19-11-9-17-31(35)33-25-26-34-32-18-10-12-20-36(32)46(38(34)37(33)42)30-23-21-29(22-24-30)41-44-39(27-13-5-3-6-14-27)43-40(45-41)28-15-7-4-8-16-28/h3-26,39-40,43H,1-2H3,(H,44,45). The normalized spacial score (nSPS) is 18.2. The van der Waals surface area contributed by atoms with Gasteiger partial charge in [-0.25, -0.2) is 4.99 Å². The van der Waals surface area contributed by atoms with Crippen molar-refractivity contribution in [2.75, 3.05) is 0 Å². The molecular weight excluding hydrogens is 560 g/mol. The maximum atomic E-state index is 5.17. The second kappa shape index (κ2) is 10.3. The molecule has 1 aliphatic carbocycles. The summed E-state index contributed by atoms with van der Waals surface area (Å²) in [6, 6.07) is 52.2. The molecule has 6 aromatic carbocycles. The first-order valence-electron chi connectivity index (χ1n) is 16.1. The van der Waals surface area contributed by atoms with E-state index in [0.717, 1.165) is 22.6 Å². The molecule has 2 aliphatic rings. The van der Waals surface area contributed by atoms with Gasteiger partial charge in [0.2, 0.25) is 0 Å². The smallest absolute Gasteiger partial charge is 0.131 e. The van der Waals surface area contributed by atoms with Gasteiger partial charge < -0.3 is 9.88 Å². The summed E-state index contributed by atoms with van der Waals surface area (Å²) in [7, 11) is 0. The SMILES string of the molecule is CC1(C)c2ccccc2-c2ccc3c4ccccc4n(-c4ccc(C5=NC(c6ccccc6)NC(c6ccccc6)N5)cc4)c3c21. The minimum absolute atomic E-state index is 0.0672. The summed E-state index contributed by atoms with van der Waals surface area (Å²) >= 11 is 0. The molecular formula is C42H34N4. The first-order chi connectivity index (χ1) is 22.6. The van der Waals surface area contributed by atoms with Gasteiger partial charge in [0.15, 0.2) is 0 Å². The predicted molar refractivity (Wildman–Crippen MR) is 190 cm³/mol. The van der Waals surface area contributed by atoms with Crippen LogP contribution in [0, 0.1) is 0 Å². The Labute approximate surface area is 269 Å². The number of aliphatic imine (C=N–C) groups is 1. The van der Waals surface area contributed by atoms with Crippen molar-refractivity contribution in [1.29, 1.82) is 0 Å². The minimum Gasteiger partial charge on any atom is -0.350 e. The fourth-order valence-electron chi connectivity index (χ4n) is 7.68. The Morgan fingerprint density at radius 1 is 0.609 bits per heavy atom. The molecule has 7 aromatic rings. The molecule has 0 saturated carbocycles. The van der Waals surface area contributed by atoms with Gasteiger partial charge in [0.1, 0.15) is 18.2 Å². The minimum atomic E-state index is -0.161. The van der Waals surface area contributed by atoms with E-state index in [2.05, 4.69) is 169 Å². The fourth-order valence-corrected chi connectivity index (χ4v) is 7.68. The Morgan fingerprint density at radius 2 is 1.28 bits per heavy atom. The van der Waals surface area contributed by atoms with Crippen molar-refractivity contribution in [2.24, 2.45) is 4.99 Å². The van der Waals surface area contributed by atoms with Crippen LogP contribution in [0.4, 0.5) is 0 Å². The highest BCUT2D eigenvalue weighted by Crippen LogP contribution is 2.52. The molecule has 4 heteroatoms. The Morgan fingerprint density at radius 3 is 2.07 bits per heavy atom. The quantitative estimate of drug-likeness (QED) is 0.213. The predicted octanol–water partition coefficient (Wildman–Crippen LogP) is 9.43. The number of para-hydroxylation sites is 1. The number of amidine groups is 1. The molecule has 0 spiro atoms. The van der Waals surface area contributed by atoms with Crippen molar-refractivity contribution in [3.05, 3.63) is 173 Å². The molecule has 0 radical (unpaired) electrons. The second-order valence-corrected chi connectivity index (χ2v) is 12.9. The molecule has 4 nitrogen and oxygen atoms in total. The number of nitrogens with zero attached hydrogens (tertiary/aromatic N) is 2.